The molecule has 1 N–H and O–H groups in total. The molecule has 0 radical (unpaired) electrons. The summed E-state index contributed by atoms with van der Waals surface area (Å²) in [7, 11) is 0. The molecule has 1 aromatic rings. The molecule has 0 aliphatic heterocycles. The molecule has 12 heavy (non-hydrogen) atoms. The van der Waals surface area contributed by atoms with Gasteiger partial charge < -0.3 is 9.73 Å². The standard InChI is InChI=1S/C10H15NO/c1-9(2)3-5-11-7-10-4-6-12-8-10/h4,6,8,11H,1,3,5,7H2,2H3. The van der Waals surface area contributed by atoms with Gasteiger partial charge in [-0.15, -0.1) is 6.58 Å². The van der Waals surface area contributed by atoms with Crippen LogP contribution in [0.2, 0.25) is 0 Å². The Morgan fingerprint density at radius 2 is 2.50 bits per heavy atom. The second kappa shape index (κ2) is 4.78. The zero-order valence-corrected chi connectivity index (χ0v) is 7.47. The van der Waals surface area contributed by atoms with Crippen LogP contribution in [0.3, 0.4) is 0 Å². The van der Waals surface area contributed by atoms with Crippen molar-refractivity contribution in [2.45, 2.75) is 19.9 Å². The van der Waals surface area contributed by atoms with E-state index in [-0.39, 0.29) is 0 Å². The molecule has 0 bridgehead atoms. The van der Waals surface area contributed by atoms with Crippen LogP contribution in [0.4, 0.5) is 0 Å². The van der Waals surface area contributed by atoms with E-state index in [4.69, 9.17) is 4.42 Å². The summed E-state index contributed by atoms with van der Waals surface area (Å²) >= 11 is 0. The van der Waals surface area contributed by atoms with Gasteiger partial charge in [0.1, 0.15) is 0 Å². The molecule has 0 aliphatic carbocycles. The summed E-state index contributed by atoms with van der Waals surface area (Å²) in [5.41, 5.74) is 2.41. The highest BCUT2D eigenvalue weighted by Crippen LogP contribution is 1.99. The molecule has 0 saturated heterocycles. The predicted molar refractivity (Wildman–Crippen MR) is 49.8 cm³/mol. The average molecular weight is 165 g/mol. The van der Waals surface area contributed by atoms with Crippen LogP contribution in [0.15, 0.2) is 35.2 Å². The number of furan rings is 1. The van der Waals surface area contributed by atoms with E-state index in [1.54, 1.807) is 12.5 Å². The van der Waals surface area contributed by atoms with E-state index < -0.39 is 0 Å². The van der Waals surface area contributed by atoms with Gasteiger partial charge in [0.05, 0.1) is 12.5 Å². The van der Waals surface area contributed by atoms with Gasteiger partial charge in [0.25, 0.3) is 0 Å². The summed E-state index contributed by atoms with van der Waals surface area (Å²) in [6.07, 6.45) is 4.49. The molecule has 0 aliphatic rings. The Kier molecular flexibility index (Phi) is 3.61. The summed E-state index contributed by atoms with van der Waals surface area (Å²) in [6.45, 7) is 7.74. The Bertz CT molecular complexity index is 226. The Hall–Kier alpha value is -1.02. The molecular weight excluding hydrogens is 150 g/mol. The van der Waals surface area contributed by atoms with Crippen molar-refractivity contribution in [3.63, 3.8) is 0 Å². The van der Waals surface area contributed by atoms with Crippen molar-refractivity contribution < 1.29 is 4.42 Å². The quantitative estimate of drug-likeness (QED) is 0.535. The van der Waals surface area contributed by atoms with Gasteiger partial charge in [-0.2, -0.15) is 0 Å². The van der Waals surface area contributed by atoms with E-state index in [0.717, 1.165) is 19.5 Å². The van der Waals surface area contributed by atoms with Gasteiger partial charge in [0.15, 0.2) is 0 Å². The molecule has 0 aromatic carbocycles. The van der Waals surface area contributed by atoms with Crippen LogP contribution in [0.1, 0.15) is 18.9 Å². The monoisotopic (exact) mass is 165 g/mol. The topological polar surface area (TPSA) is 25.2 Å². The zero-order chi connectivity index (χ0) is 8.81. The predicted octanol–water partition coefficient (Wildman–Crippen LogP) is 2.34. The third-order valence-corrected chi connectivity index (χ3v) is 1.64. The molecule has 1 rings (SSSR count). The minimum atomic E-state index is 0.879. The van der Waals surface area contributed by atoms with Crippen molar-refractivity contribution in [3.8, 4) is 0 Å². The van der Waals surface area contributed by atoms with Crippen LogP contribution in [0, 0.1) is 0 Å². The van der Waals surface area contributed by atoms with E-state index in [0.29, 0.717) is 0 Å². The van der Waals surface area contributed by atoms with Crippen molar-refractivity contribution in [3.05, 3.63) is 36.3 Å². The lowest BCUT2D eigenvalue weighted by atomic mass is 10.2. The van der Waals surface area contributed by atoms with Gasteiger partial charge in [-0.3, -0.25) is 0 Å². The first-order valence-corrected chi connectivity index (χ1v) is 4.15. The van der Waals surface area contributed by atoms with E-state index in [9.17, 15) is 0 Å². The molecule has 1 aromatic heterocycles. The van der Waals surface area contributed by atoms with Gasteiger partial charge in [-0.05, 0) is 26.0 Å². The molecule has 2 nitrogen and oxygen atoms in total. The molecule has 0 unspecified atom stereocenters. The second-order valence-electron chi connectivity index (χ2n) is 3.02. The first-order chi connectivity index (χ1) is 5.79. The average Bonchev–Trinajstić information content (AvgIpc) is 2.49. The normalized spacial score (nSPS) is 10.1. The summed E-state index contributed by atoms with van der Waals surface area (Å²) < 4.78 is 4.94. The maximum atomic E-state index is 4.94. The van der Waals surface area contributed by atoms with Gasteiger partial charge in [-0.1, -0.05) is 5.57 Å². The summed E-state index contributed by atoms with van der Waals surface area (Å²) in [5.74, 6) is 0. The lowest BCUT2D eigenvalue weighted by molar-refractivity contribution is 0.560. The highest BCUT2D eigenvalue weighted by molar-refractivity contribution is 5.04. The fourth-order valence-electron chi connectivity index (χ4n) is 0.928. The second-order valence-corrected chi connectivity index (χ2v) is 3.02. The van der Waals surface area contributed by atoms with Crippen molar-refractivity contribution >= 4 is 0 Å². The summed E-state index contributed by atoms with van der Waals surface area (Å²) in [5, 5.41) is 3.30. The SMILES string of the molecule is C=C(C)CCNCc1ccoc1. The third kappa shape index (κ3) is 3.39. The smallest absolute Gasteiger partial charge is 0.0947 e. The van der Waals surface area contributed by atoms with Crippen LogP contribution in [-0.4, -0.2) is 6.54 Å². The molecule has 0 saturated carbocycles. The van der Waals surface area contributed by atoms with E-state index in [1.165, 1.54) is 11.1 Å². The molecule has 0 fully saturated rings. The van der Waals surface area contributed by atoms with Crippen molar-refractivity contribution in [2.75, 3.05) is 6.54 Å². The Morgan fingerprint density at radius 1 is 1.67 bits per heavy atom. The molecule has 2 heteroatoms. The summed E-state index contributed by atoms with van der Waals surface area (Å²) in [6, 6.07) is 1.97. The number of nitrogens with one attached hydrogen (secondary N) is 1. The fourth-order valence-corrected chi connectivity index (χ4v) is 0.928. The lowest BCUT2D eigenvalue weighted by Crippen LogP contribution is -2.14. The van der Waals surface area contributed by atoms with E-state index in [1.807, 2.05) is 13.0 Å². The first kappa shape index (κ1) is 9.07. The third-order valence-electron chi connectivity index (χ3n) is 1.64. The molecule has 0 spiro atoms. The molecule has 1 heterocycles. The van der Waals surface area contributed by atoms with Crippen molar-refractivity contribution in [1.29, 1.82) is 0 Å². The first-order valence-electron chi connectivity index (χ1n) is 4.15. The maximum absolute atomic E-state index is 4.94. The van der Waals surface area contributed by atoms with Gasteiger partial charge in [0.2, 0.25) is 0 Å². The van der Waals surface area contributed by atoms with Crippen LogP contribution in [0.25, 0.3) is 0 Å². The maximum Gasteiger partial charge on any atom is 0.0947 e. The molecule has 0 atom stereocenters. The fraction of sp³-hybridized carbons (Fsp3) is 0.400. The number of hydrogen-bond donors (Lipinski definition) is 1. The van der Waals surface area contributed by atoms with Crippen molar-refractivity contribution in [2.24, 2.45) is 0 Å². The summed E-state index contributed by atoms with van der Waals surface area (Å²) in [4.78, 5) is 0. The molecular formula is C10H15NO. The molecule has 66 valence electrons. The van der Waals surface area contributed by atoms with Gasteiger partial charge >= 0.3 is 0 Å². The Morgan fingerprint density at radius 3 is 3.08 bits per heavy atom. The highest BCUT2D eigenvalue weighted by atomic mass is 16.3. The Balaban J connectivity index is 2.07. The van der Waals surface area contributed by atoms with Crippen LogP contribution < -0.4 is 5.32 Å². The largest absolute Gasteiger partial charge is 0.472 e. The van der Waals surface area contributed by atoms with Crippen LogP contribution in [0.5, 0.6) is 0 Å². The van der Waals surface area contributed by atoms with Crippen LogP contribution >= 0.6 is 0 Å². The number of hydrogen-bond acceptors (Lipinski definition) is 2. The lowest BCUT2D eigenvalue weighted by Gasteiger charge is -2.01. The minimum absolute atomic E-state index is 0.879. The molecule has 0 amide bonds. The number of rotatable bonds is 5. The van der Waals surface area contributed by atoms with Gasteiger partial charge in [0, 0.05) is 12.1 Å². The van der Waals surface area contributed by atoms with Crippen molar-refractivity contribution in [1.82, 2.24) is 5.32 Å². The van der Waals surface area contributed by atoms with Crippen LogP contribution in [-0.2, 0) is 6.54 Å². The van der Waals surface area contributed by atoms with Gasteiger partial charge in [-0.25, -0.2) is 0 Å². The highest BCUT2D eigenvalue weighted by Gasteiger charge is 1.92. The zero-order valence-electron chi connectivity index (χ0n) is 7.47. The Labute approximate surface area is 73.3 Å². The van der Waals surface area contributed by atoms with E-state index in [2.05, 4.69) is 11.9 Å². The van der Waals surface area contributed by atoms with E-state index >= 15 is 0 Å². The minimum Gasteiger partial charge on any atom is -0.472 e.